The van der Waals surface area contributed by atoms with Crippen LogP contribution in [0, 0.1) is 0 Å². The molecule has 208 valence electrons. The average Bonchev–Trinajstić information content (AvgIpc) is 3.77. The lowest BCUT2D eigenvalue weighted by atomic mass is 9.85. The van der Waals surface area contributed by atoms with Crippen molar-refractivity contribution in [2.45, 2.75) is 70.4 Å². The number of nitrogens with one attached hydrogen (secondary N) is 1. The zero-order chi connectivity index (χ0) is 27.6. The van der Waals surface area contributed by atoms with Crippen LogP contribution in [0.25, 0.3) is 33.5 Å². The van der Waals surface area contributed by atoms with Crippen molar-refractivity contribution in [3.63, 3.8) is 0 Å². The molecule has 0 amide bonds. The van der Waals surface area contributed by atoms with E-state index in [9.17, 15) is 0 Å². The quantitative estimate of drug-likeness (QED) is 0.233. The molecule has 2 aromatic heterocycles. The predicted molar refractivity (Wildman–Crippen MR) is 161 cm³/mol. The Morgan fingerprint density at radius 2 is 1.73 bits per heavy atom. The largest absolute Gasteiger partial charge is 0.469 e. The molecule has 0 atom stereocenters. The number of aromatic nitrogens is 6. The molecule has 0 unspecified atom stereocenters. The number of imidazole rings is 1. The van der Waals surface area contributed by atoms with Gasteiger partial charge in [0.25, 0.3) is 0 Å². The van der Waals surface area contributed by atoms with E-state index in [1.165, 1.54) is 24.8 Å². The van der Waals surface area contributed by atoms with E-state index in [2.05, 4.69) is 80.6 Å². The number of aromatic amines is 1. The summed E-state index contributed by atoms with van der Waals surface area (Å²) in [5.74, 6) is 2.51. The number of benzene rings is 3. The van der Waals surface area contributed by atoms with Gasteiger partial charge in [-0.15, -0.1) is 10.2 Å². The van der Waals surface area contributed by atoms with Crippen molar-refractivity contribution >= 4 is 16.9 Å². The molecule has 1 N–H and O–H groups in total. The van der Waals surface area contributed by atoms with Gasteiger partial charge in [-0.3, -0.25) is 0 Å². The molecule has 8 heteroatoms. The molecule has 0 saturated heterocycles. The Kier molecular flexibility index (Phi) is 6.82. The lowest BCUT2D eigenvalue weighted by Crippen LogP contribution is -2.35. The van der Waals surface area contributed by atoms with Gasteiger partial charge in [0.05, 0.1) is 17.6 Å². The highest BCUT2D eigenvalue weighted by atomic mass is 16.5. The Labute approximate surface area is 239 Å². The fraction of sp³-hybridized carbons (Fsp3) is 0.364. The molecule has 1 spiro atoms. The van der Waals surface area contributed by atoms with Gasteiger partial charge in [-0.05, 0) is 72.2 Å². The summed E-state index contributed by atoms with van der Waals surface area (Å²) in [5, 5.41) is 14.7. The number of fused-ring (bicyclic) bond motifs is 1. The zero-order valence-electron chi connectivity index (χ0n) is 23.5. The molecule has 1 aliphatic heterocycles. The first kappa shape index (κ1) is 25.6. The lowest BCUT2D eigenvalue weighted by molar-refractivity contribution is 0.0474. The fourth-order valence-electron chi connectivity index (χ4n) is 6.28. The SMILES string of the molecule is CCCCc1nc2cc(C3=NCC4(CCCCC4)O3)ccc2n1Cc1ccc(-c2ccccc2-c2nn[nH]n2)cc1. The molecule has 41 heavy (non-hydrogen) atoms. The van der Waals surface area contributed by atoms with E-state index < -0.39 is 0 Å². The van der Waals surface area contributed by atoms with E-state index in [4.69, 9.17) is 14.7 Å². The molecule has 5 aromatic rings. The predicted octanol–water partition coefficient (Wildman–Crippen LogP) is 6.75. The molecule has 1 saturated carbocycles. The van der Waals surface area contributed by atoms with Crippen molar-refractivity contribution in [2.75, 3.05) is 6.54 Å². The third kappa shape index (κ3) is 5.03. The molecule has 1 aliphatic carbocycles. The van der Waals surface area contributed by atoms with Crippen molar-refractivity contribution < 1.29 is 4.74 Å². The van der Waals surface area contributed by atoms with Crippen LogP contribution in [-0.2, 0) is 17.7 Å². The molecule has 3 aromatic carbocycles. The molecule has 0 bridgehead atoms. The van der Waals surface area contributed by atoms with E-state index in [0.29, 0.717) is 5.82 Å². The number of hydrogen-bond donors (Lipinski definition) is 1. The normalized spacial score (nSPS) is 16.3. The summed E-state index contributed by atoms with van der Waals surface area (Å²) in [6, 6.07) is 23.4. The van der Waals surface area contributed by atoms with Gasteiger partial charge in [-0.2, -0.15) is 5.21 Å². The van der Waals surface area contributed by atoms with E-state index in [0.717, 1.165) is 90.2 Å². The molecule has 8 nitrogen and oxygen atoms in total. The highest BCUT2D eigenvalue weighted by molar-refractivity contribution is 5.98. The molecule has 7 rings (SSSR count). The van der Waals surface area contributed by atoms with E-state index in [1.54, 1.807) is 0 Å². The van der Waals surface area contributed by atoms with Crippen LogP contribution in [0.2, 0.25) is 0 Å². The number of aryl methyl sites for hydroxylation is 1. The maximum atomic E-state index is 6.50. The Bertz CT molecular complexity index is 1680. The van der Waals surface area contributed by atoms with Crippen molar-refractivity contribution in [3.8, 4) is 22.5 Å². The number of ether oxygens (including phenoxy) is 1. The number of nitrogens with zero attached hydrogens (tertiary/aromatic N) is 6. The first-order valence-corrected chi connectivity index (χ1v) is 14.9. The maximum Gasteiger partial charge on any atom is 0.216 e. The summed E-state index contributed by atoms with van der Waals surface area (Å²) in [5.41, 5.74) is 7.51. The van der Waals surface area contributed by atoms with Gasteiger partial charge in [-0.1, -0.05) is 68.3 Å². The van der Waals surface area contributed by atoms with Crippen LogP contribution in [0.5, 0.6) is 0 Å². The van der Waals surface area contributed by atoms with Gasteiger partial charge in [0.15, 0.2) is 0 Å². The van der Waals surface area contributed by atoms with E-state index in [-0.39, 0.29) is 5.60 Å². The van der Waals surface area contributed by atoms with Crippen molar-refractivity contribution in [1.82, 2.24) is 30.2 Å². The fourth-order valence-corrected chi connectivity index (χ4v) is 6.28. The zero-order valence-corrected chi connectivity index (χ0v) is 23.5. The third-order valence-corrected chi connectivity index (χ3v) is 8.54. The van der Waals surface area contributed by atoms with Crippen LogP contribution in [0.15, 0.2) is 71.7 Å². The summed E-state index contributed by atoms with van der Waals surface area (Å²) in [6.45, 7) is 3.78. The highest BCUT2D eigenvalue weighted by Gasteiger charge is 2.39. The van der Waals surface area contributed by atoms with Gasteiger partial charge < -0.3 is 9.30 Å². The Balaban J connectivity index is 1.16. The Morgan fingerprint density at radius 1 is 0.927 bits per heavy atom. The number of tetrazole rings is 1. The van der Waals surface area contributed by atoms with E-state index in [1.807, 2.05) is 18.2 Å². The van der Waals surface area contributed by atoms with Gasteiger partial charge in [0, 0.05) is 24.1 Å². The standard InChI is InChI=1S/C33H35N7O/c1-2-3-11-30-35-28-20-25(32-34-22-33(41-32)18-7-4-8-19-33)16-17-29(28)40(30)21-23-12-14-24(15-13-23)26-9-5-6-10-27(26)31-36-38-39-37-31/h5-6,9-10,12-17,20H,2-4,7-8,11,18-19,21-22H2,1H3,(H,36,37,38,39). The molecular formula is C33H35N7O. The van der Waals surface area contributed by atoms with Gasteiger partial charge in [0.2, 0.25) is 11.7 Å². The van der Waals surface area contributed by atoms with Crippen LogP contribution in [0.3, 0.4) is 0 Å². The topological polar surface area (TPSA) is 93.9 Å². The number of aliphatic imine (C=N–C) groups is 1. The number of unbranched alkanes of at least 4 members (excludes halogenated alkanes) is 1. The maximum absolute atomic E-state index is 6.50. The smallest absolute Gasteiger partial charge is 0.216 e. The minimum atomic E-state index is -0.0770. The minimum absolute atomic E-state index is 0.0770. The van der Waals surface area contributed by atoms with Crippen LogP contribution in [-0.4, -0.2) is 48.2 Å². The first-order chi connectivity index (χ1) is 20.2. The second-order valence-corrected chi connectivity index (χ2v) is 11.4. The minimum Gasteiger partial charge on any atom is -0.469 e. The Morgan fingerprint density at radius 3 is 2.51 bits per heavy atom. The van der Waals surface area contributed by atoms with Crippen molar-refractivity contribution in [3.05, 3.63) is 83.7 Å². The first-order valence-electron chi connectivity index (χ1n) is 14.9. The second kappa shape index (κ2) is 10.9. The summed E-state index contributed by atoms with van der Waals surface area (Å²) < 4.78 is 8.88. The van der Waals surface area contributed by atoms with Crippen LogP contribution in [0.1, 0.15) is 68.8 Å². The molecule has 3 heterocycles. The summed E-state index contributed by atoms with van der Waals surface area (Å²) in [7, 11) is 0. The average molecular weight is 546 g/mol. The molecule has 1 fully saturated rings. The summed E-state index contributed by atoms with van der Waals surface area (Å²) >= 11 is 0. The third-order valence-electron chi connectivity index (χ3n) is 8.54. The van der Waals surface area contributed by atoms with E-state index >= 15 is 0 Å². The molecular weight excluding hydrogens is 510 g/mol. The number of rotatable bonds is 8. The van der Waals surface area contributed by atoms with Crippen molar-refractivity contribution in [1.29, 1.82) is 0 Å². The monoisotopic (exact) mass is 545 g/mol. The lowest BCUT2D eigenvalue weighted by Gasteiger charge is -2.32. The highest BCUT2D eigenvalue weighted by Crippen LogP contribution is 2.37. The summed E-state index contributed by atoms with van der Waals surface area (Å²) in [4.78, 5) is 9.96. The summed E-state index contributed by atoms with van der Waals surface area (Å²) in [6.07, 6.45) is 9.20. The van der Waals surface area contributed by atoms with Crippen LogP contribution >= 0.6 is 0 Å². The molecule has 2 aliphatic rings. The van der Waals surface area contributed by atoms with Crippen molar-refractivity contribution in [2.24, 2.45) is 4.99 Å². The number of H-pyrrole nitrogens is 1. The van der Waals surface area contributed by atoms with Crippen LogP contribution < -0.4 is 0 Å². The number of hydrogen-bond acceptors (Lipinski definition) is 6. The van der Waals surface area contributed by atoms with Gasteiger partial charge in [-0.25, -0.2) is 9.98 Å². The molecule has 0 radical (unpaired) electrons. The van der Waals surface area contributed by atoms with Gasteiger partial charge in [0.1, 0.15) is 11.4 Å². The Hall–Kier alpha value is -4.33. The van der Waals surface area contributed by atoms with Gasteiger partial charge >= 0.3 is 0 Å². The second-order valence-electron chi connectivity index (χ2n) is 11.4. The van der Waals surface area contributed by atoms with Crippen LogP contribution in [0.4, 0.5) is 0 Å².